The van der Waals surface area contributed by atoms with Crippen molar-refractivity contribution in [2.24, 2.45) is 0 Å². The number of methoxy groups -OCH3 is 1. The van der Waals surface area contributed by atoms with Gasteiger partial charge in [0.25, 0.3) is 0 Å². The summed E-state index contributed by atoms with van der Waals surface area (Å²) in [5.41, 5.74) is 0. The van der Waals surface area contributed by atoms with Crippen molar-refractivity contribution in [1.29, 1.82) is 0 Å². The van der Waals surface area contributed by atoms with Gasteiger partial charge in [-0.25, -0.2) is 9.97 Å². The van der Waals surface area contributed by atoms with E-state index in [1.807, 2.05) is 13.0 Å². The lowest BCUT2D eigenvalue weighted by molar-refractivity contribution is 0.205. The van der Waals surface area contributed by atoms with Gasteiger partial charge in [-0.05, 0) is 20.8 Å². The molecule has 0 saturated carbocycles. The van der Waals surface area contributed by atoms with E-state index in [1.54, 1.807) is 7.11 Å². The molecule has 0 radical (unpaired) electrons. The first kappa shape index (κ1) is 13.7. The SMILES string of the molecule is CCNc1cc(N(CC)CCOC)nc(C)n1. The van der Waals surface area contributed by atoms with Crippen LogP contribution in [-0.2, 0) is 4.74 Å². The van der Waals surface area contributed by atoms with Gasteiger partial charge in [-0.2, -0.15) is 0 Å². The van der Waals surface area contributed by atoms with Crippen molar-refractivity contribution in [3.63, 3.8) is 0 Å². The first-order chi connectivity index (χ1) is 8.21. The minimum atomic E-state index is 0.702. The Bertz CT molecular complexity index is 343. The van der Waals surface area contributed by atoms with Gasteiger partial charge >= 0.3 is 0 Å². The Labute approximate surface area is 103 Å². The molecule has 5 heteroatoms. The highest BCUT2D eigenvalue weighted by Gasteiger charge is 2.08. The van der Waals surface area contributed by atoms with E-state index >= 15 is 0 Å². The Hall–Kier alpha value is -1.36. The van der Waals surface area contributed by atoms with Crippen LogP contribution in [0.4, 0.5) is 11.6 Å². The molecule has 0 amide bonds. The van der Waals surface area contributed by atoms with Crippen LogP contribution in [0.2, 0.25) is 0 Å². The molecule has 17 heavy (non-hydrogen) atoms. The van der Waals surface area contributed by atoms with Crippen molar-refractivity contribution >= 4 is 11.6 Å². The third kappa shape index (κ3) is 4.19. The van der Waals surface area contributed by atoms with Crippen molar-refractivity contribution in [3.8, 4) is 0 Å². The molecule has 96 valence electrons. The van der Waals surface area contributed by atoms with Crippen LogP contribution >= 0.6 is 0 Å². The molecule has 0 aromatic carbocycles. The van der Waals surface area contributed by atoms with Crippen molar-refractivity contribution in [2.45, 2.75) is 20.8 Å². The molecule has 0 bridgehead atoms. The van der Waals surface area contributed by atoms with Gasteiger partial charge in [0.2, 0.25) is 0 Å². The van der Waals surface area contributed by atoms with Crippen LogP contribution in [-0.4, -0.2) is 43.3 Å². The average Bonchev–Trinajstić information content (AvgIpc) is 2.30. The van der Waals surface area contributed by atoms with E-state index in [1.165, 1.54) is 0 Å². The summed E-state index contributed by atoms with van der Waals surface area (Å²) >= 11 is 0. The standard InChI is InChI=1S/C12H22N4O/c1-5-13-11-9-12(15-10(3)14-11)16(6-2)7-8-17-4/h9H,5-8H2,1-4H3,(H,13,14,15). The number of likely N-dealkylation sites (N-methyl/N-ethyl adjacent to an activating group) is 1. The van der Waals surface area contributed by atoms with E-state index < -0.39 is 0 Å². The van der Waals surface area contributed by atoms with Gasteiger partial charge in [-0.3, -0.25) is 0 Å². The number of hydrogen-bond donors (Lipinski definition) is 1. The summed E-state index contributed by atoms with van der Waals surface area (Å²) in [5, 5.41) is 3.21. The van der Waals surface area contributed by atoms with Crippen LogP contribution in [0, 0.1) is 6.92 Å². The number of aromatic nitrogens is 2. The largest absolute Gasteiger partial charge is 0.383 e. The number of nitrogens with zero attached hydrogens (tertiary/aromatic N) is 3. The zero-order valence-corrected chi connectivity index (χ0v) is 11.2. The molecule has 0 saturated heterocycles. The number of ether oxygens (including phenoxy) is 1. The predicted molar refractivity (Wildman–Crippen MR) is 70.7 cm³/mol. The number of aryl methyl sites for hydroxylation is 1. The third-order valence-electron chi connectivity index (χ3n) is 2.45. The molecular weight excluding hydrogens is 216 g/mol. The van der Waals surface area contributed by atoms with Gasteiger partial charge in [0, 0.05) is 32.8 Å². The fourth-order valence-corrected chi connectivity index (χ4v) is 1.62. The molecule has 0 aliphatic heterocycles. The minimum Gasteiger partial charge on any atom is -0.383 e. The molecule has 0 unspecified atom stereocenters. The van der Waals surface area contributed by atoms with Gasteiger partial charge in [-0.15, -0.1) is 0 Å². The molecular formula is C12H22N4O. The van der Waals surface area contributed by atoms with Crippen LogP contribution in [0.3, 0.4) is 0 Å². The van der Waals surface area contributed by atoms with Gasteiger partial charge in [0.1, 0.15) is 17.5 Å². The maximum Gasteiger partial charge on any atom is 0.134 e. The number of anilines is 2. The van der Waals surface area contributed by atoms with E-state index in [2.05, 4.69) is 34.0 Å². The second kappa shape index (κ2) is 7.06. The van der Waals surface area contributed by atoms with Crippen LogP contribution < -0.4 is 10.2 Å². The second-order valence-electron chi connectivity index (χ2n) is 3.76. The summed E-state index contributed by atoms with van der Waals surface area (Å²) in [6.45, 7) is 9.39. The molecule has 1 N–H and O–H groups in total. The maximum atomic E-state index is 5.10. The van der Waals surface area contributed by atoms with Crippen molar-refractivity contribution < 1.29 is 4.74 Å². The lowest BCUT2D eigenvalue weighted by Crippen LogP contribution is -2.28. The molecule has 0 aliphatic carbocycles. The van der Waals surface area contributed by atoms with E-state index in [0.29, 0.717) is 6.61 Å². The van der Waals surface area contributed by atoms with Crippen LogP contribution in [0.5, 0.6) is 0 Å². The zero-order chi connectivity index (χ0) is 12.7. The monoisotopic (exact) mass is 238 g/mol. The van der Waals surface area contributed by atoms with Gasteiger partial charge in [0.05, 0.1) is 6.61 Å². The van der Waals surface area contributed by atoms with E-state index in [-0.39, 0.29) is 0 Å². The van der Waals surface area contributed by atoms with Crippen molar-refractivity contribution in [2.75, 3.05) is 43.6 Å². The minimum absolute atomic E-state index is 0.702. The summed E-state index contributed by atoms with van der Waals surface area (Å²) in [6.07, 6.45) is 0. The Morgan fingerprint density at radius 2 is 2.12 bits per heavy atom. The Balaban J connectivity index is 2.85. The highest BCUT2D eigenvalue weighted by Crippen LogP contribution is 2.15. The Kier molecular flexibility index (Phi) is 5.69. The Morgan fingerprint density at radius 3 is 2.71 bits per heavy atom. The average molecular weight is 238 g/mol. The topological polar surface area (TPSA) is 50.3 Å². The highest BCUT2D eigenvalue weighted by atomic mass is 16.5. The quantitative estimate of drug-likeness (QED) is 0.783. The molecule has 0 fully saturated rings. The highest BCUT2D eigenvalue weighted by molar-refractivity contribution is 5.49. The number of hydrogen-bond acceptors (Lipinski definition) is 5. The number of rotatable bonds is 7. The first-order valence-corrected chi connectivity index (χ1v) is 6.04. The molecule has 0 spiro atoms. The second-order valence-corrected chi connectivity index (χ2v) is 3.76. The summed E-state index contributed by atoms with van der Waals surface area (Å²) in [5.74, 6) is 2.62. The molecule has 0 aliphatic rings. The third-order valence-corrected chi connectivity index (χ3v) is 2.45. The van der Waals surface area contributed by atoms with Crippen molar-refractivity contribution in [3.05, 3.63) is 11.9 Å². The first-order valence-electron chi connectivity index (χ1n) is 6.04. The molecule has 5 nitrogen and oxygen atoms in total. The van der Waals surface area contributed by atoms with E-state index in [9.17, 15) is 0 Å². The molecule has 1 aromatic heterocycles. The maximum absolute atomic E-state index is 5.10. The fourth-order valence-electron chi connectivity index (χ4n) is 1.62. The summed E-state index contributed by atoms with van der Waals surface area (Å²) < 4.78 is 5.10. The van der Waals surface area contributed by atoms with Gasteiger partial charge in [-0.1, -0.05) is 0 Å². The van der Waals surface area contributed by atoms with Crippen molar-refractivity contribution in [1.82, 2.24) is 9.97 Å². The zero-order valence-electron chi connectivity index (χ0n) is 11.2. The lowest BCUT2D eigenvalue weighted by Gasteiger charge is -2.22. The smallest absolute Gasteiger partial charge is 0.134 e. The Morgan fingerprint density at radius 1 is 1.35 bits per heavy atom. The van der Waals surface area contributed by atoms with Crippen LogP contribution in [0.1, 0.15) is 19.7 Å². The fraction of sp³-hybridized carbons (Fsp3) is 0.667. The summed E-state index contributed by atoms with van der Waals surface area (Å²) in [4.78, 5) is 11.0. The van der Waals surface area contributed by atoms with Crippen LogP contribution in [0.15, 0.2) is 6.07 Å². The van der Waals surface area contributed by atoms with E-state index in [4.69, 9.17) is 4.74 Å². The molecule has 1 heterocycles. The van der Waals surface area contributed by atoms with Gasteiger partial charge < -0.3 is 15.0 Å². The normalized spacial score (nSPS) is 10.4. The predicted octanol–water partition coefficient (Wildman–Crippen LogP) is 1.69. The van der Waals surface area contributed by atoms with E-state index in [0.717, 1.165) is 37.1 Å². The lowest BCUT2D eigenvalue weighted by atomic mass is 10.4. The van der Waals surface area contributed by atoms with Gasteiger partial charge in [0.15, 0.2) is 0 Å². The number of nitrogens with one attached hydrogen (secondary N) is 1. The molecule has 0 atom stereocenters. The molecule has 1 rings (SSSR count). The summed E-state index contributed by atoms with van der Waals surface area (Å²) in [7, 11) is 1.71. The van der Waals surface area contributed by atoms with Crippen LogP contribution in [0.25, 0.3) is 0 Å². The molecule has 1 aromatic rings. The summed E-state index contributed by atoms with van der Waals surface area (Å²) in [6, 6.07) is 1.98.